The molecule has 28 heavy (non-hydrogen) atoms. The second kappa shape index (κ2) is 11.7. The Labute approximate surface area is 183 Å². The molecule has 1 aromatic carbocycles. The number of halogens is 1. The molecule has 0 radical (unpaired) electrons. The van der Waals surface area contributed by atoms with Crippen LogP contribution in [0.15, 0.2) is 52.1 Å². The summed E-state index contributed by atoms with van der Waals surface area (Å²) < 4.78 is 10.5. The van der Waals surface area contributed by atoms with Crippen LogP contribution in [0.4, 0.5) is 5.69 Å². The fraction of sp³-hybridized carbons (Fsp3) is 0.400. The minimum Gasteiger partial charge on any atom is -0.459 e. The number of hydrogen-bond donors (Lipinski definition) is 3. The van der Waals surface area contributed by atoms with Crippen LogP contribution < -0.4 is 16.0 Å². The number of carbonyl (C=O) groups is 1. The summed E-state index contributed by atoms with van der Waals surface area (Å²) in [5, 5.41) is 9.29. The van der Waals surface area contributed by atoms with Crippen LogP contribution in [0.25, 0.3) is 0 Å². The smallest absolute Gasteiger partial charge is 0.291 e. The molecule has 2 aromatic rings. The van der Waals surface area contributed by atoms with Crippen molar-refractivity contribution in [1.29, 1.82) is 0 Å². The van der Waals surface area contributed by atoms with Gasteiger partial charge in [0.2, 0.25) is 0 Å². The lowest BCUT2D eigenvalue weighted by Gasteiger charge is -2.24. The number of aliphatic imine (C=N–C) groups is 1. The zero-order valence-electron chi connectivity index (χ0n) is 16.7. The number of guanidine groups is 1. The summed E-state index contributed by atoms with van der Waals surface area (Å²) in [6, 6.07) is 10.9. The fourth-order valence-electron chi connectivity index (χ4n) is 2.17. The van der Waals surface area contributed by atoms with Gasteiger partial charge in [0.05, 0.1) is 18.4 Å². The van der Waals surface area contributed by atoms with Crippen molar-refractivity contribution >= 4 is 41.5 Å². The predicted octanol–water partition coefficient (Wildman–Crippen LogP) is 3.63. The average Bonchev–Trinajstić information content (AvgIpc) is 3.20. The van der Waals surface area contributed by atoms with E-state index in [-0.39, 0.29) is 41.2 Å². The lowest BCUT2D eigenvalue weighted by Crippen LogP contribution is -2.45. The lowest BCUT2D eigenvalue weighted by atomic mass is 10.1. The van der Waals surface area contributed by atoms with E-state index in [1.165, 1.54) is 6.26 Å². The van der Waals surface area contributed by atoms with Gasteiger partial charge >= 0.3 is 0 Å². The molecule has 0 fully saturated rings. The van der Waals surface area contributed by atoms with Gasteiger partial charge in [-0.15, -0.1) is 24.0 Å². The number of amides is 1. The number of ether oxygens (including phenoxy) is 1. The van der Waals surface area contributed by atoms with Crippen molar-refractivity contribution in [2.75, 3.05) is 25.5 Å². The third-order valence-corrected chi connectivity index (χ3v) is 3.95. The molecule has 2 rings (SSSR count). The van der Waals surface area contributed by atoms with E-state index in [0.717, 1.165) is 18.1 Å². The maximum atomic E-state index is 12.0. The number of nitrogens with zero attached hydrogens (tertiary/aromatic N) is 1. The quantitative estimate of drug-likeness (QED) is 0.293. The van der Waals surface area contributed by atoms with Gasteiger partial charge in [-0.05, 0) is 50.6 Å². The summed E-state index contributed by atoms with van der Waals surface area (Å²) in [5.74, 6) is 0.743. The standard InChI is InChI=1S/C20H28N4O3.HI/c1-5-21-19(23-14-20(2,3)26-4)22-13-15-8-10-16(11-9-15)24-18(25)17-7-6-12-27-17;/h6-12H,5,13-14H2,1-4H3,(H,24,25)(H2,21,22,23);1H. The molecule has 0 bridgehead atoms. The Morgan fingerprint density at radius 1 is 1.18 bits per heavy atom. The first kappa shape index (κ1) is 24.0. The highest BCUT2D eigenvalue weighted by atomic mass is 127. The van der Waals surface area contributed by atoms with Crippen LogP contribution >= 0.6 is 24.0 Å². The molecule has 0 saturated heterocycles. The number of methoxy groups -OCH3 is 1. The number of benzene rings is 1. The highest BCUT2D eigenvalue weighted by Gasteiger charge is 2.16. The molecular weight excluding hydrogens is 471 g/mol. The third-order valence-electron chi connectivity index (χ3n) is 3.95. The van der Waals surface area contributed by atoms with Gasteiger partial charge in [-0.25, -0.2) is 4.99 Å². The number of carbonyl (C=O) groups excluding carboxylic acids is 1. The maximum Gasteiger partial charge on any atom is 0.291 e. The summed E-state index contributed by atoms with van der Waals surface area (Å²) in [7, 11) is 1.69. The molecule has 1 amide bonds. The van der Waals surface area contributed by atoms with Crippen LogP contribution in [0.2, 0.25) is 0 Å². The first-order valence-corrected chi connectivity index (χ1v) is 8.94. The predicted molar refractivity (Wildman–Crippen MR) is 122 cm³/mol. The summed E-state index contributed by atoms with van der Waals surface area (Å²) in [4.78, 5) is 16.6. The summed E-state index contributed by atoms with van der Waals surface area (Å²) in [6.45, 7) is 7.99. The molecule has 8 heteroatoms. The van der Waals surface area contributed by atoms with Gasteiger partial charge in [-0.3, -0.25) is 4.79 Å². The molecule has 7 nitrogen and oxygen atoms in total. The Morgan fingerprint density at radius 3 is 2.46 bits per heavy atom. The van der Waals surface area contributed by atoms with Gasteiger partial charge in [-0.2, -0.15) is 0 Å². The topological polar surface area (TPSA) is 87.9 Å². The summed E-state index contributed by atoms with van der Waals surface area (Å²) in [5.41, 5.74) is 1.47. The minimum atomic E-state index is -0.274. The summed E-state index contributed by atoms with van der Waals surface area (Å²) in [6.07, 6.45) is 1.47. The Balaban J connectivity index is 0.00000392. The van der Waals surface area contributed by atoms with E-state index in [4.69, 9.17) is 9.15 Å². The Bertz CT molecular complexity index is 743. The molecule has 154 valence electrons. The largest absolute Gasteiger partial charge is 0.459 e. The Morgan fingerprint density at radius 2 is 1.89 bits per heavy atom. The lowest BCUT2D eigenvalue weighted by molar-refractivity contribution is 0.0268. The number of rotatable bonds is 8. The minimum absolute atomic E-state index is 0. The van der Waals surface area contributed by atoms with Crippen LogP contribution in [-0.4, -0.2) is 37.7 Å². The van der Waals surface area contributed by atoms with E-state index in [1.807, 2.05) is 45.0 Å². The molecule has 0 aliphatic heterocycles. The molecule has 0 aliphatic carbocycles. The number of nitrogens with one attached hydrogen (secondary N) is 3. The Kier molecular flexibility index (Phi) is 10.0. The average molecular weight is 500 g/mol. The van der Waals surface area contributed by atoms with E-state index in [1.54, 1.807) is 19.2 Å². The van der Waals surface area contributed by atoms with E-state index < -0.39 is 0 Å². The van der Waals surface area contributed by atoms with Gasteiger partial charge in [-0.1, -0.05) is 12.1 Å². The van der Waals surface area contributed by atoms with Crippen LogP contribution in [0.5, 0.6) is 0 Å². The third kappa shape index (κ3) is 7.89. The second-order valence-electron chi connectivity index (χ2n) is 6.64. The van der Waals surface area contributed by atoms with Gasteiger partial charge in [0.1, 0.15) is 0 Å². The van der Waals surface area contributed by atoms with Crippen LogP contribution in [0.1, 0.15) is 36.9 Å². The van der Waals surface area contributed by atoms with Gasteiger partial charge in [0.25, 0.3) is 5.91 Å². The van der Waals surface area contributed by atoms with Gasteiger partial charge in [0, 0.05) is 25.9 Å². The monoisotopic (exact) mass is 500 g/mol. The second-order valence-corrected chi connectivity index (χ2v) is 6.64. The maximum absolute atomic E-state index is 12.0. The fourth-order valence-corrected chi connectivity index (χ4v) is 2.17. The summed E-state index contributed by atoms with van der Waals surface area (Å²) >= 11 is 0. The van der Waals surface area contributed by atoms with Gasteiger partial charge < -0.3 is 25.1 Å². The van der Waals surface area contributed by atoms with Crippen LogP contribution in [0, 0.1) is 0 Å². The molecule has 0 spiro atoms. The normalized spacial score (nSPS) is 11.5. The molecule has 3 N–H and O–H groups in total. The van der Waals surface area contributed by atoms with Crippen LogP contribution in [0.3, 0.4) is 0 Å². The Hall–Kier alpha value is -2.07. The molecule has 0 atom stereocenters. The van der Waals surface area contributed by atoms with Crippen LogP contribution in [-0.2, 0) is 11.3 Å². The molecule has 0 saturated carbocycles. The van der Waals surface area contributed by atoms with Crippen molar-refractivity contribution in [3.05, 3.63) is 54.0 Å². The van der Waals surface area contributed by atoms with Crippen molar-refractivity contribution in [1.82, 2.24) is 10.6 Å². The van der Waals surface area contributed by atoms with Crippen molar-refractivity contribution in [2.24, 2.45) is 4.99 Å². The number of hydrogen-bond acceptors (Lipinski definition) is 4. The van der Waals surface area contributed by atoms with Gasteiger partial charge in [0.15, 0.2) is 11.7 Å². The SMILES string of the molecule is CCNC(=NCc1ccc(NC(=O)c2ccco2)cc1)NCC(C)(C)OC.I. The van der Waals surface area contributed by atoms with E-state index in [2.05, 4.69) is 20.9 Å². The zero-order chi connectivity index (χ0) is 19.7. The highest BCUT2D eigenvalue weighted by Crippen LogP contribution is 2.12. The van der Waals surface area contributed by atoms with Crippen molar-refractivity contribution < 1.29 is 13.9 Å². The molecule has 1 aromatic heterocycles. The van der Waals surface area contributed by atoms with Crippen molar-refractivity contribution in [3.8, 4) is 0 Å². The molecule has 0 aliphatic rings. The van der Waals surface area contributed by atoms with Crippen molar-refractivity contribution in [2.45, 2.75) is 32.9 Å². The molecular formula is C20H29IN4O3. The van der Waals surface area contributed by atoms with E-state index >= 15 is 0 Å². The number of furan rings is 1. The first-order valence-electron chi connectivity index (χ1n) is 8.94. The van der Waals surface area contributed by atoms with Crippen molar-refractivity contribution in [3.63, 3.8) is 0 Å². The zero-order valence-corrected chi connectivity index (χ0v) is 19.1. The molecule has 0 unspecified atom stereocenters. The highest BCUT2D eigenvalue weighted by molar-refractivity contribution is 14.0. The molecule has 1 heterocycles. The van der Waals surface area contributed by atoms with E-state index in [0.29, 0.717) is 18.8 Å². The first-order chi connectivity index (χ1) is 12.9. The number of anilines is 1. The van der Waals surface area contributed by atoms with E-state index in [9.17, 15) is 4.79 Å².